The molecule has 3 rings (SSSR count). The Kier molecular flexibility index (Phi) is 36.8. The van der Waals surface area contributed by atoms with Gasteiger partial charge in [0.15, 0.2) is 0 Å². The third kappa shape index (κ3) is 29.9. The van der Waals surface area contributed by atoms with E-state index in [0.29, 0.717) is 16.5 Å². The van der Waals surface area contributed by atoms with Gasteiger partial charge >= 0.3 is 17.9 Å². The predicted octanol–water partition coefficient (Wildman–Crippen LogP) is -4.72. The number of benzene rings is 2. The van der Waals surface area contributed by atoms with E-state index in [4.69, 9.17) is 11.5 Å². The summed E-state index contributed by atoms with van der Waals surface area (Å²) >= 11 is 0. The molecule has 0 saturated carbocycles. The Bertz CT molecular complexity index is 3620. The molecule has 0 fully saturated rings. The van der Waals surface area contributed by atoms with Gasteiger partial charge in [0.25, 0.3) is 0 Å². The minimum atomic E-state index is -1.96. The molecular formula is C69H103N15O23. The SMILES string of the molecule is CC[C@H](C)[C@H](NC(=O)[C@@H](N)CC(=O)O)C(=O)N[C@@H](Cc1c[nH]c2ccccc12)C(=O)N[C@H](C(=O)N[C@@H](Cc1ccc(O)cc1)C(=O)N[C@@H](CC(N)=O)C(=O)N[C@@H](C)C(=O)N[C@@H](CCC(=O)O)C(=O)N[C@@H](CC(C)C)C(=O)N[C@@H](CC(C)C)C(=O)N[C@H](C(=O)N[C@@H](CO)C(=O)N[C@@H](CO)C(=O)O)C(C)C)[C@@H](C)O. The number of nitrogens with one attached hydrogen (secondary N) is 13. The van der Waals surface area contributed by atoms with Crippen molar-refractivity contribution in [2.24, 2.45) is 35.1 Å². The topological polar surface area (TPSA) is 627 Å². The van der Waals surface area contributed by atoms with E-state index >= 15 is 0 Å². The summed E-state index contributed by atoms with van der Waals surface area (Å²) in [6.07, 6.45) is -3.97. The summed E-state index contributed by atoms with van der Waals surface area (Å²) in [6, 6.07) is -9.53. The van der Waals surface area contributed by atoms with Crippen LogP contribution in [0.5, 0.6) is 5.75 Å². The van der Waals surface area contributed by atoms with Crippen molar-refractivity contribution in [2.75, 3.05) is 13.2 Å². The molecule has 1 aromatic heterocycles. The van der Waals surface area contributed by atoms with Gasteiger partial charge in [-0.3, -0.25) is 71.9 Å². The average Bonchev–Trinajstić information content (AvgIpc) is 1.67. The standard InChI is InChI=1S/C69H103N15O23/c1-11-34(8)55(83-58(95)41(70)26-53(92)93)67(104)79-47(25-38-28-72-42-15-13-12-14-40(38)42)64(101)84-56(36(10)87)68(105)78-46(24-37-16-18-39(88)19-17-37)62(99)77-48(27-51(71)89)60(97)73-35(9)57(94)74-43(20-21-52(90)91)59(96)75-44(22-31(2)3)61(98)76-45(23-32(4)5)63(100)82-54(33(6)7)66(103)80-49(29-85)65(102)81-50(30-86)69(106)107/h12-19,28,31-36,41,43-50,54-56,72,85-88H,11,20-27,29-30,70H2,1-10H3,(H2,71,89)(H,73,97)(H,74,94)(H,75,96)(H,76,98)(H,77,99)(H,78,105)(H,79,104)(H,80,103)(H,81,102)(H,82,100)(H,83,95)(H,84,101)(H,90,91)(H,92,93)(H,106,107)/t34-,35-,36+,41-,43-,44-,45-,46-,47-,48-,49-,50-,54-,55-,56-/m0/s1. The quantitative estimate of drug-likeness (QED) is 0.0253. The summed E-state index contributed by atoms with van der Waals surface area (Å²) in [6.45, 7) is 13.2. The Morgan fingerprint density at radius 3 is 1.41 bits per heavy atom. The molecule has 13 amide bonds. The lowest BCUT2D eigenvalue weighted by molar-refractivity contribution is -0.144. The van der Waals surface area contributed by atoms with Crippen LogP contribution < -0.4 is 75.3 Å². The van der Waals surface area contributed by atoms with Crippen LogP contribution in [0.4, 0.5) is 0 Å². The second-order valence-electron chi connectivity index (χ2n) is 27.3. The first-order valence-corrected chi connectivity index (χ1v) is 34.7. The number of hydrogen-bond acceptors (Lipinski definition) is 21. The largest absolute Gasteiger partial charge is 0.508 e. The highest BCUT2D eigenvalue weighted by Crippen LogP contribution is 2.21. The van der Waals surface area contributed by atoms with Crippen molar-refractivity contribution >= 4 is 106 Å². The number of aromatic hydroxyl groups is 1. The summed E-state index contributed by atoms with van der Waals surface area (Å²) in [5, 5.41) is 98.0. The van der Waals surface area contributed by atoms with Crippen molar-refractivity contribution in [1.29, 1.82) is 0 Å². The third-order valence-electron chi connectivity index (χ3n) is 16.9. The molecule has 24 N–H and O–H groups in total. The number of carboxylic acids is 3. The Morgan fingerprint density at radius 2 is 0.897 bits per heavy atom. The number of carbonyl (C=O) groups is 16. The number of aliphatic carboxylic acids is 3. The molecule has 2 aromatic carbocycles. The number of aromatic nitrogens is 1. The molecule has 592 valence electrons. The fourth-order valence-electron chi connectivity index (χ4n) is 10.8. The molecule has 107 heavy (non-hydrogen) atoms. The highest BCUT2D eigenvalue weighted by Gasteiger charge is 2.40. The Morgan fingerprint density at radius 1 is 0.458 bits per heavy atom. The maximum Gasteiger partial charge on any atom is 0.328 e. The summed E-state index contributed by atoms with van der Waals surface area (Å²) in [5.41, 5.74) is 12.7. The molecule has 0 bridgehead atoms. The number of amides is 13. The predicted molar refractivity (Wildman–Crippen MR) is 380 cm³/mol. The second-order valence-corrected chi connectivity index (χ2v) is 27.3. The van der Waals surface area contributed by atoms with Gasteiger partial charge in [-0.15, -0.1) is 0 Å². The van der Waals surface area contributed by atoms with Crippen LogP contribution in [0.3, 0.4) is 0 Å². The number of hydrogen-bond donors (Lipinski definition) is 22. The van der Waals surface area contributed by atoms with Gasteiger partial charge < -0.3 is 116 Å². The highest BCUT2D eigenvalue weighted by atomic mass is 16.4. The molecule has 0 aliphatic heterocycles. The summed E-state index contributed by atoms with van der Waals surface area (Å²) in [7, 11) is 0. The number of nitrogens with two attached hydrogens (primary N) is 2. The molecule has 38 nitrogen and oxygen atoms in total. The summed E-state index contributed by atoms with van der Waals surface area (Å²) in [4.78, 5) is 218. The fraction of sp³-hybridized carbons (Fsp3) is 0.565. The smallest absolute Gasteiger partial charge is 0.328 e. The Labute approximate surface area is 616 Å². The number of primary amides is 1. The van der Waals surface area contributed by atoms with Crippen LogP contribution in [0.1, 0.15) is 125 Å². The van der Waals surface area contributed by atoms with Gasteiger partial charge in [-0.05, 0) is 86.1 Å². The summed E-state index contributed by atoms with van der Waals surface area (Å²) < 4.78 is 0. The van der Waals surface area contributed by atoms with E-state index in [2.05, 4.69) is 63.5 Å². The molecule has 0 aliphatic carbocycles. The number of carboxylic acid groups (broad SMARTS) is 3. The molecule has 38 heteroatoms. The normalized spacial score (nSPS) is 15.5. The maximum absolute atomic E-state index is 14.6. The average molecular weight is 1510 g/mol. The van der Waals surface area contributed by atoms with Gasteiger partial charge in [0, 0.05) is 36.4 Å². The maximum atomic E-state index is 14.6. The molecule has 0 spiro atoms. The lowest BCUT2D eigenvalue weighted by atomic mass is 9.96. The second kappa shape index (κ2) is 43.6. The van der Waals surface area contributed by atoms with Gasteiger partial charge in [0.1, 0.15) is 78.3 Å². The van der Waals surface area contributed by atoms with Gasteiger partial charge in [-0.1, -0.05) is 92.1 Å². The van der Waals surface area contributed by atoms with Crippen molar-refractivity contribution in [3.63, 3.8) is 0 Å². The van der Waals surface area contributed by atoms with E-state index in [0.717, 1.165) is 13.8 Å². The number of carbonyl (C=O) groups excluding carboxylic acids is 13. The van der Waals surface area contributed by atoms with E-state index < -0.39 is 237 Å². The van der Waals surface area contributed by atoms with Crippen molar-refractivity contribution in [3.05, 3.63) is 65.9 Å². The van der Waals surface area contributed by atoms with Crippen molar-refractivity contribution in [1.82, 2.24) is 68.8 Å². The number of rotatable bonds is 46. The summed E-state index contributed by atoms with van der Waals surface area (Å²) in [5.74, 6) is -20.9. The van der Waals surface area contributed by atoms with Crippen LogP contribution in [-0.4, -0.2) is 233 Å². The van der Waals surface area contributed by atoms with Crippen LogP contribution in [0, 0.1) is 23.7 Å². The highest BCUT2D eigenvalue weighted by molar-refractivity contribution is 6.01. The number of phenolic OH excluding ortho intramolecular Hbond substituents is 1. The molecule has 15 atom stereocenters. The Balaban J connectivity index is 1.94. The van der Waals surface area contributed by atoms with Gasteiger partial charge in [0.2, 0.25) is 76.8 Å². The first-order chi connectivity index (χ1) is 50.1. The first-order valence-electron chi connectivity index (χ1n) is 34.7. The van der Waals surface area contributed by atoms with Crippen molar-refractivity contribution in [3.8, 4) is 5.75 Å². The minimum Gasteiger partial charge on any atom is -0.508 e. The first kappa shape index (κ1) is 90.4. The van der Waals surface area contributed by atoms with Crippen molar-refractivity contribution < 1.29 is 112 Å². The number of aliphatic hydroxyl groups excluding tert-OH is 3. The van der Waals surface area contributed by atoms with E-state index in [-0.39, 0.29) is 48.8 Å². The van der Waals surface area contributed by atoms with Crippen LogP contribution in [0.15, 0.2) is 54.7 Å². The van der Waals surface area contributed by atoms with E-state index in [9.17, 15) is 112 Å². The molecule has 0 radical (unpaired) electrons. The van der Waals surface area contributed by atoms with Gasteiger partial charge in [-0.2, -0.15) is 0 Å². The molecule has 0 aliphatic rings. The zero-order valence-electron chi connectivity index (χ0n) is 61.2. The fourth-order valence-corrected chi connectivity index (χ4v) is 10.8. The van der Waals surface area contributed by atoms with E-state index in [1.807, 2.05) is 5.32 Å². The van der Waals surface area contributed by atoms with Crippen LogP contribution in [0.25, 0.3) is 10.9 Å². The van der Waals surface area contributed by atoms with E-state index in [1.54, 1.807) is 72.0 Å². The number of aliphatic hydroxyl groups is 3. The van der Waals surface area contributed by atoms with Gasteiger partial charge in [0.05, 0.1) is 38.2 Å². The molecule has 3 aromatic rings. The minimum absolute atomic E-state index is 0.0655. The van der Waals surface area contributed by atoms with Crippen LogP contribution in [0.2, 0.25) is 0 Å². The van der Waals surface area contributed by atoms with Crippen molar-refractivity contribution in [2.45, 2.75) is 212 Å². The molecule has 1 heterocycles. The zero-order chi connectivity index (χ0) is 80.9. The lowest BCUT2D eigenvalue weighted by Crippen LogP contribution is -2.62. The Hall–Kier alpha value is -10.9. The monoisotopic (exact) mass is 1510 g/mol. The van der Waals surface area contributed by atoms with E-state index in [1.165, 1.54) is 38.1 Å². The van der Waals surface area contributed by atoms with Gasteiger partial charge in [-0.25, -0.2) is 4.79 Å². The molecular weight excluding hydrogens is 1410 g/mol. The lowest BCUT2D eigenvalue weighted by Gasteiger charge is -2.29. The number of fused-ring (bicyclic) bond motifs is 1. The number of phenols is 1. The van der Waals surface area contributed by atoms with Crippen LogP contribution >= 0.6 is 0 Å². The zero-order valence-corrected chi connectivity index (χ0v) is 61.2. The molecule has 0 saturated heterocycles. The number of H-pyrrole nitrogens is 1. The molecule has 0 unspecified atom stereocenters. The number of para-hydroxylation sites is 1. The third-order valence-corrected chi connectivity index (χ3v) is 16.9. The number of aromatic amines is 1. The van der Waals surface area contributed by atoms with Crippen LogP contribution in [-0.2, 0) is 89.6 Å².